The molecule has 0 bridgehead atoms. The molecule has 1 saturated carbocycles. The largest absolute Gasteiger partial charge is 0.393 e. The van der Waals surface area contributed by atoms with Gasteiger partial charge in [0.05, 0.1) is 19.3 Å². The summed E-state index contributed by atoms with van der Waals surface area (Å²) in [7, 11) is 1.63. The van der Waals surface area contributed by atoms with Crippen molar-refractivity contribution in [2.45, 2.75) is 31.9 Å². The number of ether oxygens (including phenoxy) is 1. The van der Waals surface area contributed by atoms with Gasteiger partial charge in [0.1, 0.15) is 0 Å². The molecular formula is C13H24N2O3. The van der Waals surface area contributed by atoms with Gasteiger partial charge in [0.2, 0.25) is 5.91 Å². The number of hydrogen-bond acceptors (Lipinski definition) is 4. The SMILES string of the molecule is COCC(C)NC(=O)CN1CC2CCC(O)C2C1. The first kappa shape index (κ1) is 13.8. The second kappa shape index (κ2) is 5.99. The van der Waals surface area contributed by atoms with Crippen LogP contribution in [0, 0.1) is 11.8 Å². The van der Waals surface area contributed by atoms with Crippen LogP contribution in [0.5, 0.6) is 0 Å². The van der Waals surface area contributed by atoms with Crippen LogP contribution in [-0.4, -0.2) is 61.4 Å². The maximum absolute atomic E-state index is 11.8. The second-order valence-corrected chi connectivity index (χ2v) is 5.69. The Hall–Kier alpha value is -0.650. The monoisotopic (exact) mass is 256 g/mol. The lowest BCUT2D eigenvalue weighted by molar-refractivity contribution is -0.123. The van der Waals surface area contributed by atoms with E-state index in [1.54, 1.807) is 7.11 Å². The second-order valence-electron chi connectivity index (χ2n) is 5.69. The molecule has 2 fully saturated rings. The van der Waals surface area contributed by atoms with Crippen molar-refractivity contribution < 1.29 is 14.6 Å². The molecule has 104 valence electrons. The Kier molecular flexibility index (Phi) is 4.59. The van der Waals surface area contributed by atoms with Gasteiger partial charge in [-0.05, 0) is 25.7 Å². The highest BCUT2D eigenvalue weighted by Gasteiger charge is 2.41. The summed E-state index contributed by atoms with van der Waals surface area (Å²) in [5.74, 6) is 1.02. The Morgan fingerprint density at radius 3 is 2.94 bits per heavy atom. The van der Waals surface area contributed by atoms with Crippen molar-refractivity contribution in [3.63, 3.8) is 0 Å². The van der Waals surface area contributed by atoms with Crippen LogP contribution in [0.15, 0.2) is 0 Å². The van der Waals surface area contributed by atoms with Crippen LogP contribution in [0.3, 0.4) is 0 Å². The Morgan fingerprint density at radius 2 is 2.28 bits per heavy atom. The van der Waals surface area contributed by atoms with Gasteiger partial charge >= 0.3 is 0 Å². The van der Waals surface area contributed by atoms with E-state index in [1.807, 2.05) is 6.92 Å². The molecule has 4 atom stereocenters. The van der Waals surface area contributed by atoms with Crippen LogP contribution in [0.4, 0.5) is 0 Å². The number of amides is 1. The molecule has 1 saturated heterocycles. The van der Waals surface area contributed by atoms with Gasteiger partial charge in [0.25, 0.3) is 0 Å². The molecule has 4 unspecified atom stereocenters. The molecule has 2 aliphatic rings. The smallest absolute Gasteiger partial charge is 0.234 e. The summed E-state index contributed by atoms with van der Waals surface area (Å²) in [6, 6.07) is 0.0511. The topological polar surface area (TPSA) is 61.8 Å². The number of methoxy groups -OCH3 is 1. The van der Waals surface area contributed by atoms with Gasteiger partial charge in [-0.15, -0.1) is 0 Å². The van der Waals surface area contributed by atoms with Gasteiger partial charge in [-0.3, -0.25) is 9.69 Å². The summed E-state index contributed by atoms with van der Waals surface area (Å²) in [5.41, 5.74) is 0. The Morgan fingerprint density at radius 1 is 1.50 bits per heavy atom. The Bertz CT molecular complexity index is 298. The maximum Gasteiger partial charge on any atom is 0.234 e. The number of aliphatic hydroxyl groups is 1. The molecule has 2 N–H and O–H groups in total. The normalized spacial score (nSPS) is 33.4. The minimum absolute atomic E-state index is 0.0500. The zero-order valence-electron chi connectivity index (χ0n) is 11.3. The van der Waals surface area contributed by atoms with Gasteiger partial charge < -0.3 is 15.2 Å². The molecule has 18 heavy (non-hydrogen) atoms. The Labute approximate surface area is 108 Å². The van der Waals surface area contributed by atoms with Crippen LogP contribution in [0.1, 0.15) is 19.8 Å². The van der Waals surface area contributed by atoms with Crippen molar-refractivity contribution >= 4 is 5.91 Å². The zero-order valence-corrected chi connectivity index (χ0v) is 11.3. The van der Waals surface area contributed by atoms with E-state index < -0.39 is 0 Å². The highest BCUT2D eigenvalue weighted by molar-refractivity contribution is 5.78. The number of rotatable bonds is 5. The molecule has 0 spiro atoms. The molecule has 0 aromatic rings. The minimum atomic E-state index is -0.157. The summed E-state index contributed by atoms with van der Waals surface area (Å²) >= 11 is 0. The van der Waals surface area contributed by atoms with Crippen LogP contribution in [0.2, 0.25) is 0 Å². The molecule has 1 heterocycles. The van der Waals surface area contributed by atoms with E-state index in [4.69, 9.17) is 4.74 Å². The highest BCUT2D eigenvalue weighted by atomic mass is 16.5. The zero-order chi connectivity index (χ0) is 13.1. The fourth-order valence-electron chi connectivity index (χ4n) is 3.27. The highest BCUT2D eigenvalue weighted by Crippen LogP contribution is 2.37. The van der Waals surface area contributed by atoms with E-state index in [9.17, 15) is 9.90 Å². The lowest BCUT2D eigenvalue weighted by Crippen LogP contribution is -2.42. The van der Waals surface area contributed by atoms with Crippen LogP contribution in [-0.2, 0) is 9.53 Å². The predicted molar refractivity (Wildman–Crippen MR) is 68.1 cm³/mol. The molecule has 0 radical (unpaired) electrons. The van der Waals surface area contributed by atoms with E-state index in [0.29, 0.717) is 25.0 Å². The van der Waals surface area contributed by atoms with Crippen LogP contribution in [0.25, 0.3) is 0 Å². The molecule has 0 aromatic carbocycles. The fraction of sp³-hybridized carbons (Fsp3) is 0.923. The molecule has 5 heteroatoms. The van der Waals surface area contributed by atoms with Crippen molar-refractivity contribution in [2.24, 2.45) is 11.8 Å². The van der Waals surface area contributed by atoms with Crippen LogP contribution < -0.4 is 5.32 Å². The summed E-state index contributed by atoms with van der Waals surface area (Å²) in [4.78, 5) is 14.0. The quantitative estimate of drug-likeness (QED) is 0.717. The lowest BCUT2D eigenvalue weighted by atomic mass is 10.00. The lowest BCUT2D eigenvalue weighted by Gasteiger charge is -2.19. The molecular weight excluding hydrogens is 232 g/mol. The number of carbonyl (C=O) groups excluding carboxylic acids is 1. The van der Waals surface area contributed by atoms with Gasteiger partial charge in [0.15, 0.2) is 0 Å². The third-order valence-electron chi connectivity index (χ3n) is 4.09. The van der Waals surface area contributed by atoms with Crippen molar-refractivity contribution in [1.29, 1.82) is 0 Å². The molecule has 1 aliphatic carbocycles. The van der Waals surface area contributed by atoms with Gasteiger partial charge in [-0.1, -0.05) is 0 Å². The molecule has 1 amide bonds. The first-order valence-corrected chi connectivity index (χ1v) is 6.79. The number of carbonyl (C=O) groups is 1. The summed E-state index contributed by atoms with van der Waals surface area (Å²) in [5, 5.41) is 12.7. The number of aliphatic hydroxyl groups excluding tert-OH is 1. The number of hydrogen-bond donors (Lipinski definition) is 2. The molecule has 1 aliphatic heterocycles. The maximum atomic E-state index is 11.8. The van der Waals surface area contributed by atoms with E-state index in [2.05, 4.69) is 10.2 Å². The minimum Gasteiger partial charge on any atom is -0.393 e. The van der Waals surface area contributed by atoms with Crippen LogP contribution >= 0.6 is 0 Å². The number of likely N-dealkylation sites (tertiary alicyclic amines) is 1. The van der Waals surface area contributed by atoms with Crippen molar-refractivity contribution in [3.8, 4) is 0 Å². The number of fused-ring (bicyclic) bond motifs is 1. The fourth-order valence-corrected chi connectivity index (χ4v) is 3.27. The third-order valence-corrected chi connectivity index (χ3v) is 4.09. The van der Waals surface area contributed by atoms with Gasteiger partial charge in [-0.2, -0.15) is 0 Å². The van der Waals surface area contributed by atoms with Gasteiger partial charge in [-0.25, -0.2) is 0 Å². The third kappa shape index (κ3) is 3.22. The molecule has 2 rings (SSSR count). The average molecular weight is 256 g/mol. The summed E-state index contributed by atoms with van der Waals surface area (Å²) in [6.45, 7) is 4.72. The van der Waals surface area contributed by atoms with E-state index in [0.717, 1.165) is 25.9 Å². The average Bonchev–Trinajstić information content (AvgIpc) is 2.81. The first-order chi connectivity index (χ1) is 8.60. The summed E-state index contributed by atoms with van der Waals surface area (Å²) < 4.78 is 4.99. The number of nitrogens with zero attached hydrogens (tertiary/aromatic N) is 1. The Balaban J connectivity index is 1.73. The van der Waals surface area contributed by atoms with Crippen molar-refractivity contribution in [2.75, 3.05) is 33.4 Å². The van der Waals surface area contributed by atoms with E-state index in [-0.39, 0.29) is 18.1 Å². The predicted octanol–water partition coefficient (Wildman–Crippen LogP) is -0.160. The van der Waals surface area contributed by atoms with Crippen molar-refractivity contribution in [1.82, 2.24) is 10.2 Å². The molecule has 0 aromatic heterocycles. The van der Waals surface area contributed by atoms with Gasteiger partial charge in [0, 0.05) is 32.2 Å². The summed E-state index contributed by atoms with van der Waals surface area (Å²) in [6.07, 6.45) is 1.88. The molecule has 5 nitrogen and oxygen atoms in total. The first-order valence-electron chi connectivity index (χ1n) is 6.79. The standard InChI is InChI=1S/C13H24N2O3/c1-9(8-18-2)14-13(17)7-15-5-10-3-4-12(16)11(10)6-15/h9-12,16H,3-8H2,1-2H3,(H,14,17). The van der Waals surface area contributed by atoms with E-state index >= 15 is 0 Å². The van der Waals surface area contributed by atoms with E-state index in [1.165, 1.54) is 0 Å². The number of nitrogens with one attached hydrogen (secondary N) is 1. The van der Waals surface area contributed by atoms with Crippen molar-refractivity contribution in [3.05, 3.63) is 0 Å².